The van der Waals surface area contributed by atoms with Gasteiger partial charge in [0.25, 0.3) is 0 Å². The number of hydrogen-bond donors (Lipinski definition) is 4. The first-order chi connectivity index (χ1) is 16.8. The maximum absolute atomic E-state index is 13.5. The smallest absolute Gasteiger partial charge is 0.244 e. The summed E-state index contributed by atoms with van der Waals surface area (Å²) in [6, 6.07) is 5.42. The third-order valence-corrected chi connectivity index (χ3v) is 7.25. The van der Waals surface area contributed by atoms with E-state index in [1.54, 1.807) is 18.5 Å². The molecule has 0 spiro atoms. The van der Waals surface area contributed by atoms with Gasteiger partial charge in [0.2, 0.25) is 5.91 Å². The summed E-state index contributed by atoms with van der Waals surface area (Å²) in [7, 11) is 0. The highest BCUT2D eigenvalue weighted by Crippen LogP contribution is 2.33. The molecular weight excluding hydrogens is 464 g/mol. The van der Waals surface area contributed by atoms with Crippen molar-refractivity contribution >= 4 is 50.8 Å². The van der Waals surface area contributed by atoms with Gasteiger partial charge in [-0.25, -0.2) is 0 Å². The van der Waals surface area contributed by atoms with Crippen LogP contribution in [0.5, 0.6) is 0 Å². The van der Waals surface area contributed by atoms with E-state index in [4.69, 9.17) is 21.7 Å². The third kappa shape index (κ3) is 5.29. The van der Waals surface area contributed by atoms with Crippen molar-refractivity contribution in [3.05, 3.63) is 35.6 Å². The van der Waals surface area contributed by atoms with E-state index in [9.17, 15) is 4.79 Å². The molecule has 8 nitrogen and oxygen atoms in total. The molecule has 1 amide bonds. The average Bonchev–Trinajstić information content (AvgIpc) is 3.18. The molecule has 2 aliphatic rings. The van der Waals surface area contributed by atoms with Crippen molar-refractivity contribution in [3.8, 4) is 0 Å². The van der Waals surface area contributed by atoms with Crippen LogP contribution in [-0.4, -0.2) is 64.0 Å². The molecule has 1 saturated heterocycles. The van der Waals surface area contributed by atoms with Crippen LogP contribution < -0.4 is 10.6 Å². The Hall–Kier alpha value is -2.68. The standard InChI is InChI=1S/C26H33ClN6O2/c1-26(2)15-33(13-23(28)30-17-6-4-3-5-7-17)22(14-35-26)25(34)32-20-11-16(27)10-19-18-8-9-29-12-21(18)31-24(19)20/h8-12,17,22,31H,3-7,13-15H2,1-2H3,(H2,28,30)(H,32,34)/t22-/m0/s1. The highest BCUT2D eigenvalue weighted by Gasteiger charge is 2.38. The normalized spacial score (nSPS) is 21.3. The molecular formula is C26H33ClN6O2. The Morgan fingerprint density at radius 2 is 2.09 bits per heavy atom. The fraction of sp³-hybridized carbons (Fsp3) is 0.500. The number of benzene rings is 1. The molecule has 3 aromatic rings. The van der Waals surface area contributed by atoms with Crippen molar-refractivity contribution in [3.63, 3.8) is 0 Å². The summed E-state index contributed by atoms with van der Waals surface area (Å²) in [6.07, 6.45) is 9.39. The number of carbonyl (C=O) groups excluding carboxylic acids is 1. The Kier molecular flexibility index (Phi) is 6.70. The number of aromatic amines is 1. The van der Waals surface area contributed by atoms with Crippen LogP contribution in [0.25, 0.3) is 21.8 Å². The fourth-order valence-corrected chi connectivity index (χ4v) is 5.55. The lowest BCUT2D eigenvalue weighted by Gasteiger charge is -2.43. The second kappa shape index (κ2) is 9.76. The number of H-pyrrole nitrogens is 1. The Balaban J connectivity index is 1.36. The summed E-state index contributed by atoms with van der Waals surface area (Å²) >= 11 is 6.43. The molecule has 3 heterocycles. The van der Waals surface area contributed by atoms with E-state index in [0.29, 0.717) is 35.7 Å². The van der Waals surface area contributed by atoms with E-state index >= 15 is 0 Å². The molecule has 1 saturated carbocycles. The lowest BCUT2D eigenvalue weighted by molar-refractivity contribution is -0.141. The third-order valence-electron chi connectivity index (χ3n) is 7.04. The summed E-state index contributed by atoms with van der Waals surface area (Å²) in [5.74, 6) is 0.284. The van der Waals surface area contributed by atoms with Crippen molar-refractivity contribution in [1.82, 2.24) is 20.2 Å². The van der Waals surface area contributed by atoms with E-state index in [-0.39, 0.29) is 12.5 Å². The molecule has 1 aliphatic heterocycles. The molecule has 5 rings (SSSR count). The first-order valence-electron chi connectivity index (χ1n) is 12.4. The molecule has 1 atom stereocenters. The molecule has 1 aliphatic carbocycles. The number of aromatic nitrogens is 2. The number of amidine groups is 1. The fourth-order valence-electron chi connectivity index (χ4n) is 5.34. The monoisotopic (exact) mass is 496 g/mol. The summed E-state index contributed by atoms with van der Waals surface area (Å²) in [4.78, 5) is 23.1. The number of anilines is 1. The average molecular weight is 497 g/mol. The Labute approximate surface area is 210 Å². The molecule has 0 unspecified atom stereocenters. The van der Waals surface area contributed by atoms with Crippen molar-refractivity contribution in [2.24, 2.45) is 0 Å². The molecule has 1 aromatic carbocycles. The number of amides is 1. The second-order valence-electron chi connectivity index (χ2n) is 10.4. The number of nitrogens with one attached hydrogen (secondary N) is 4. The van der Waals surface area contributed by atoms with Gasteiger partial charge in [0, 0.05) is 34.6 Å². The van der Waals surface area contributed by atoms with E-state index in [1.807, 2.05) is 30.9 Å². The molecule has 0 radical (unpaired) electrons. The van der Waals surface area contributed by atoms with Gasteiger partial charge in [-0.2, -0.15) is 0 Å². The van der Waals surface area contributed by atoms with Gasteiger partial charge in [0.05, 0.1) is 41.7 Å². The van der Waals surface area contributed by atoms with Gasteiger partial charge in [-0.3, -0.25) is 20.1 Å². The number of pyridine rings is 1. The molecule has 0 bridgehead atoms. The minimum absolute atomic E-state index is 0.175. The van der Waals surface area contributed by atoms with Crippen LogP contribution in [-0.2, 0) is 9.53 Å². The van der Waals surface area contributed by atoms with Crippen molar-refractivity contribution in [2.75, 3.05) is 25.0 Å². The number of hydrogen-bond acceptors (Lipinski definition) is 5. The number of halogens is 1. The molecule has 9 heteroatoms. The van der Waals surface area contributed by atoms with Crippen molar-refractivity contribution < 1.29 is 9.53 Å². The number of nitrogens with zero attached hydrogens (tertiary/aromatic N) is 2. The van der Waals surface area contributed by atoms with Gasteiger partial charge in [-0.1, -0.05) is 30.9 Å². The summed E-state index contributed by atoms with van der Waals surface area (Å²) in [5.41, 5.74) is 1.91. The van der Waals surface area contributed by atoms with E-state index in [1.165, 1.54) is 19.3 Å². The molecule has 186 valence electrons. The molecule has 2 fully saturated rings. The van der Waals surface area contributed by atoms with E-state index in [2.05, 4.69) is 20.6 Å². The number of rotatable bonds is 5. The van der Waals surface area contributed by atoms with Gasteiger partial charge in [-0.05, 0) is 44.9 Å². The van der Waals surface area contributed by atoms with Crippen LogP contribution in [0.4, 0.5) is 5.69 Å². The van der Waals surface area contributed by atoms with Crippen LogP contribution in [0, 0.1) is 5.41 Å². The maximum atomic E-state index is 13.5. The summed E-state index contributed by atoms with van der Waals surface area (Å²) < 4.78 is 6.02. The van der Waals surface area contributed by atoms with Crippen LogP contribution in [0.3, 0.4) is 0 Å². The number of ether oxygens (including phenoxy) is 1. The molecule has 35 heavy (non-hydrogen) atoms. The lowest BCUT2D eigenvalue weighted by Crippen LogP contribution is -2.60. The predicted molar refractivity (Wildman–Crippen MR) is 140 cm³/mol. The zero-order chi connectivity index (χ0) is 24.6. The number of carbonyl (C=O) groups is 1. The first kappa shape index (κ1) is 24.0. The zero-order valence-electron chi connectivity index (χ0n) is 20.3. The van der Waals surface area contributed by atoms with E-state index in [0.717, 1.165) is 34.6 Å². The minimum Gasteiger partial charge on any atom is -0.372 e. The van der Waals surface area contributed by atoms with Crippen LogP contribution in [0.1, 0.15) is 46.0 Å². The largest absolute Gasteiger partial charge is 0.372 e. The van der Waals surface area contributed by atoms with Gasteiger partial charge < -0.3 is 20.4 Å². The Morgan fingerprint density at radius 3 is 2.89 bits per heavy atom. The van der Waals surface area contributed by atoms with Gasteiger partial charge in [-0.15, -0.1) is 0 Å². The van der Waals surface area contributed by atoms with Gasteiger partial charge >= 0.3 is 0 Å². The van der Waals surface area contributed by atoms with Gasteiger partial charge in [0.1, 0.15) is 11.9 Å². The first-order valence-corrected chi connectivity index (χ1v) is 12.7. The summed E-state index contributed by atoms with van der Waals surface area (Å²) in [5, 5.41) is 17.5. The predicted octanol–water partition coefficient (Wildman–Crippen LogP) is 4.69. The minimum atomic E-state index is -0.517. The topological polar surface area (TPSA) is 106 Å². The van der Waals surface area contributed by atoms with Crippen LogP contribution in [0.15, 0.2) is 30.6 Å². The quantitative estimate of drug-likeness (QED) is 0.303. The zero-order valence-corrected chi connectivity index (χ0v) is 21.0. The SMILES string of the molecule is CC1(C)CN(CC(=N)NC2CCCCC2)[C@H](C(=O)Nc2cc(Cl)cc3c2[nH]c2cnccc23)CO1. The highest BCUT2D eigenvalue weighted by atomic mass is 35.5. The Morgan fingerprint density at radius 1 is 1.29 bits per heavy atom. The number of morpholine rings is 1. The van der Waals surface area contributed by atoms with Crippen LogP contribution in [0.2, 0.25) is 5.02 Å². The summed E-state index contributed by atoms with van der Waals surface area (Å²) in [6.45, 7) is 5.24. The molecule has 2 aromatic heterocycles. The lowest BCUT2D eigenvalue weighted by atomic mass is 9.95. The van der Waals surface area contributed by atoms with Gasteiger partial charge in [0.15, 0.2) is 0 Å². The highest BCUT2D eigenvalue weighted by molar-refractivity contribution is 6.33. The van der Waals surface area contributed by atoms with Crippen LogP contribution >= 0.6 is 11.6 Å². The molecule has 4 N–H and O–H groups in total. The van der Waals surface area contributed by atoms with E-state index < -0.39 is 11.6 Å². The Bertz CT molecular complexity index is 1250. The van der Waals surface area contributed by atoms with Crippen molar-refractivity contribution in [1.29, 1.82) is 5.41 Å². The second-order valence-corrected chi connectivity index (χ2v) is 10.8. The maximum Gasteiger partial charge on any atom is 0.244 e. The van der Waals surface area contributed by atoms with Crippen molar-refractivity contribution in [2.45, 2.75) is 63.6 Å². The number of fused-ring (bicyclic) bond motifs is 3.